The van der Waals surface area contributed by atoms with Crippen LogP contribution in [0.1, 0.15) is 0 Å². The summed E-state index contributed by atoms with van der Waals surface area (Å²) in [6.45, 7) is 2.03. The Labute approximate surface area is 133 Å². The average molecular weight is 312 g/mol. The highest BCUT2D eigenvalue weighted by Gasteiger charge is 2.16. The first-order chi connectivity index (χ1) is 11.2. The standard InChI is InChI=1S/C17H16N2O4/c20-19(21)15-6-8-16(9-7-15)23-13-17-12-18(10-11-22-17)14-4-2-1-3-5-14/h1-9,13H,10-12H2/b17-13-. The van der Waals surface area contributed by atoms with E-state index in [1.165, 1.54) is 12.1 Å². The van der Waals surface area contributed by atoms with Crippen LogP contribution in [0.15, 0.2) is 66.6 Å². The predicted octanol–water partition coefficient (Wildman–Crippen LogP) is 3.35. The molecule has 118 valence electrons. The third-order valence-electron chi connectivity index (χ3n) is 3.49. The second kappa shape index (κ2) is 6.83. The lowest BCUT2D eigenvalue weighted by molar-refractivity contribution is -0.384. The highest BCUT2D eigenvalue weighted by Crippen LogP contribution is 2.21. The molecule has 0 atom stereocenters. The fourth-order valence-corrected chi connectivity index (χ4v) is 2.31. The maximum absolute atomic E-state index is 10.6. The molecule has 6 nitrogen and oxygen atoms in total. The third-order valence-corrected chi connectivity index (χ3v) is 3.49. The van der Waals surface area contributed by atoms with Gasteiger partial charge in [0.1, 0.15) is 18.6 Å². The van der Waals surface area contributed by atoms with Gasteiger partial charge in [-0.1, -0.05) is 18.2 Å². The maximum Gasteiger partial charge on any atom is 0.269 e. The molecule has 23 heavy (non-hydrogen) atoms. The van der Waals surface area contributed by atoms with E-state index in [-0.39, 0.29) is 5.69 Å². The summed E-state index contributed by atoms with van der Waals surface area (Å²) in [5.41, 5.74) is 1.17. The zero-order chi connectivity index (χ0) is 16.1. The summed E-state index contributed by atoms with van der Waals surface area (Å²) in [6.07, 6.45) is 1.55. The summed E-state index contributed by atoms with van der Waals surface area (Å²) in [5.74, 6) is 1.25. The van der Waals surface area contributed by atoms with Gasteiger partial charge < -0.3 is 14.4 Å². The number of morpholine rings is 1. The molecule has 1 aliphatic heterocycles. The van der Waals surface area contributed by atoms with E-state index in [2.05, 4.69) is 17.0 Å². The van der Waals surface area contributed by atoms with E-state index in [0.29, 0.717) is 18.9 Å². The van der Waals surface area contributed by atoms with Crippen LogP contribution in [-0.4, -0.2) is 24.6 Å². The Hall–Kier alpha value is -3.02. The summed E-state index contributed by atoms with van der Waals surface area (Å²) in [4.78, 5) is 12.4. The van der Waals surface area contributed by atoms with Crippen LogP contribution in [0.3, 0.4) is 0 Å². The summed E-state index contributed by atoms with van der Waals surface area (Å²) in [7, 11) is 0. The molecule has 0 radical (unpaired) electrons. The number of nitro groups is 1. The molecule has 1 fully saturated rings. The van der Waals surface area contributed by atoms with Crippen LogP contribution in [0.5, 0.6) is 5.75 Å². The molecule has 2 aromatic rings. The van der Waals surface area contributed by atoms with E-state index in [4.69, 9.17) is 9.47 Å². The molecule has 0 saturated carbocycles. The summed E-state index contributed by atoms with van der Waals surface area (Å²) >= 11 is 0. The van der Waals surface area contributed by atoms with Gasteiger partial charge >= 0.3 is 0 Å². The van der Waals surface area contributed by atoms with Crippen molar-refractivity contribution in [1.29, 1.82) is 0 Å². The van der Waals surface area contributed by atoms with E-state index >= 15 is 0 Å². The Balaban J connectivity index is 1.64. The molecule has 0 bridgehead atoms. The van der Waals surface area contributed by atoms with Crippen molar-refractivity contribution >= 4 is 11.4 Å². The van der Waals surface area contributed by atoms with Crippen molar-refractivity contribution in [1.82, 2.24) is 0 Å². The smallest absolute Gasteiger partial charge is 0.269 e. The molecule has 0 amide bonds. The van der Waals surface area contributed by atoms with Gasteiger partial charge in [0.25, 0.3) is 5.69 Å². The van der Waals surface area contributed by atoms with Crippen LogP contribution in [0.4, 0.5) is 11.4 Å². The van der Waals surface area contributed by atoms with Crippen LogP contribution in [-0.2, 0) is 4.74 Å². The van der Waals surface area contributed by atoms with Crippen molar-refractivity contribution in [3.8, 4) is 5.75 Å². The predicted molar refractivity (Wildman–Crippen MR) is 86.4 cm³/mol. The van der Waals surface area contributed by atoms with Gasteiger partial charge in [0.05, 0.1) is 18.0 Å². The highest BCUT2D eigenvalue weighted by molar-refractivity contribution is 5.47. The number of non-ortho nitro benzene ring substituents is 1. The number of nitro benzene ring substituents is 1. The number of hydrogen-bond acceptors (Lipinski definition) is 5. The van der Waals surface area contributed by atoms with Crippen molar-refractivity contribution in [3.63, 3.8) is 0 Å². The number of nitrogens with zero attached hydrogens (tertiary/aromatic N) is 2. The molecule has 6 heteroatoms. The average Bonchev–Trinajstić information content (AvgIpc) is 2.61. The molecular weight excluding hydrogens is 296 g/mol. The number of ether oxygens (including phenoxy) is 2. The van der Waals surface area contributed by atoms with Gasteiger partial charge in [0.2, 0.25) is 0 Å². The van der Waals surface area contributed by atoms with E-state index in [1.807, 2.05) is 18.2 Å². The Bertz CT molecular complexity index is 698. The molecule has 3 rings (SSSR count). The minimum absolute atomic E-state index is 0.0363. The topological polar surface area (TPSA) is 64.8 Å². The largest absolute Gasteiger partial charge is 0.491 e. The fraction of sp³-hybridized carbons (Fsp3) is 0.176. The van der Waals surface area contributed by atoms with E-state index < -0.39 is 4.92 Å². The maximum atomic E-state index is 10.6. The van der Waals surface area contributed by atoms with Crippen LogP contribution in [0.2, 0.25) is 0 Å². The van der Waals surface area contributed by atoms with Gasteiger partial charge in [-0.3, -0.25) is 10.1 Å². The van der Waals surface area contributed by atoms with Crippen LogP contribution < -0.4 is 9.64 Å². The molecule has 0 spiro atoms. The molecule has 0 aliphatic carbocycles. The van der Waals surface area contributed by atoms with Gasteiger partial charge in [0.15, 0.2) is 5.76 Å². The molecule has 0 aromatic heterocycles. The summed E-state index contributed by atoms with van der Waals surface area (Å²) in [5, 5.41) is 10.6. The lowest BCUT2D eigenvalue weighted by Gasteiger charge is -2.30. The Morgan fingerprint density at radius 1 is 1.13 bits per heavy atom. The Morgan fingerprint density at radius 3 is 2.57 bits per heavy atom. The molecule has 2 aromatic carbocycles. The third kappa shape index (κ3) is 3.79. The lowest BCUT2D eigenvalue weighted by Crippen LogP contribution is -2.35. The molecule has 0 unspecified atom stereocenters. The van der Waals surface area contributed by atoms with Crippen molar-refractivity contribution in [2.24, 2.45) is 0 Å². The number of hydrogen-bond donors (Lipinski definition) is 0. The van der Waals surface area contributed by atoms with Crippen LogP contribution >= 0.6 is 0 Å². The normalized spacial score (nSPS) is 16.0. The van der Waals surface area contributed by atoms with Crippen LogP contribution in [0, 0.1) is 10.1 Å². The minimum Gasteiger partial charge on any atom is -0.491 e. The van der Waals surface area contributed by atoms with Crippen LogP contribution in [0.25, 0.3) is 0 Å². The van der Waals surface area contributed by atoms with E-state index in [0.717, 1.165) is 18.0 Å². The Morgan fingerprint density at radius 2 is 1.87 bits per heavy atom. The van der Waals surface area contributed by atoms with Gasteiger partial charge in [-0.2, -0.15) is 0 Å². The molecule has 1 heterocycles. The first kappa shape index (κ1) is 14.9. The molecule has 0 N–H and O–H groups in total. The quantitative estimate of drug-likeness (QED) is 0.492. The SMILES string of the molecule is O=[N+]([O-])c1ccc(O/C=C2/CN(c3ccccc3)CCO2)cc1. The Kier molecular flexibility index (Phi) is 4.42. The monoisotopic (exact) mass is 312 g/mol. The summed E-state index contributed by atoms with van der Waals surface area (Å²) < 4.78 is 11.1. The minimum atomic E-state index is -0.440. The van der Waals surface area contributed by atoms with Crippen molar-refractivity contribution in [2.45, 2.75) is 0 Å². The second-order valence-corrected chi connectivity index (χ2v) is 5.06. The lowest BCUT2D eigenvalue weighted by atomic mass is 10.2. The number of rotatable bonds is 4. The molecule has 1 saturated heterocycles. The number of benzene rings is 2. The fourth-order valence-electron chi connectivity index (χ4n) is 2.31. The van der Waals surface area contributed by atoms with E-state index in [9.17, 15) is 10.1 Å². The van der Waals surface area contributed by atoms with Crippen molar-refractivity contribution in [2.75, 3.05) is 24.6 Å². The van der Waals surface area contributed by atoms with Crippen molar-refractivity contribution in [3.05, 3.63) is 76.7 Å². The van der Waals surface area contributed by atoms with Crippen molar-refractivity contribution < 1.29 is 14.4 Å². The van der Waals surface area contributed by atoms with E-state index in [1.54, 1.807) is 18.4 Å². The van der Waals surface area contributed by atoms with Gasteiger partial charge in [-0.05, 0) is 24.3 Å². The number of para-hydroxylation sites is 1. The first-order valence-electron chi connectivity index (χ1n) is 7.25. The molecular formula is C17H16N2O4. The molecule has 1 aliphatic rings. The first-order valence-corrected chi connectivity index (χ1v) is 7.25. The highest BCUT2D eigenvalue weighted by atomic mass is 16.6. The second-order valence-electron chi connectivity index (χ2n) is 5.06. The zero-order valence-electron chi connectivity index (χ0n) is 12.4. The number of anilines is 1. The van der Waals surface area contributed by atoms with Gasteiger partial charge in [-0.15, -0.1) is 0 Å². The van der Waals surface area contributed by atoms with Gasteiger partial charge in [-0.25, -0.2) is 0 Å². The van der Waals surface area contributed by atoms with Gasteiger partial charge in [0, 0.05) is 17.8 Å². The summed E-state index contributed by atoms with van der Waals surface area (Å²) in [6, 6.07) is 16.0. The zero-order valence-corrected chi connectivity index (χ0v) is 12.4.